The zero-order valence-electron chi connectivity index (χ0n) is 7.93. The summed E-state index contributed by atoms with van der Waals surface area (Å²) in [4.78, 5) is 21.7. The zero-order chi connectivity index (χ0) is 10.7. The van der Waals surface area contributed by atoms with E-state index in [1.54, 1.807) is 18.2 Å². The Hall–Kier alpha value is -1.35. The number of anilines is 1. The third kappa shape index (κ3) is 2.57. The van der Waals surface area contributed by atoms with Gasteiger partial charge in [-0.3, -0.25) is 9.59 Å². The van der Waals surface area contributed by atoms with Gasteiger partial charge in [0, 0.05) is 17.6 Å². The predicted octanol–water partition coefficient (Wildman–Crippen LogP) is 2.18. The van der Waals surface area contributed by atoms with Crippen LogP contribution >= 0.6 is 11.6 Å². The summed E-state index contributed by atoms with van der Waals surface area (Å²) in [6.07, 6.45) is 0. The van der Waals surface area contributed by atoms with Gasteiger partial charge in [0.05, 0.1) is 0 Å². The van der Waals surface area contributed by atoms with Crippen molar-refractivity contribution >= 4 is 29.0 Å². The fourth-order valence-electron chi connectivity index (χ4n) is 0.978. The van der Waals surface area contributed by atoms with E-state index in [1.807, 2.05) is 6.92 Å². The normalized spacial score (nSPS) is 9.64. The summed E-state index contributed by atoms with van der Waals surface area (Å²) >= 11 is 5.74. The molecule has 0 heterocycles. The molecule has 0 aromatic heterocycles. The van der Waals surface area contributed by atoms with Crippen molar-refractivity contribution < 1.29 is 9.59 Å². The van der Waals surface area contributed by atoms with E-state index in [1.165, 1.54) is 6.92 Å². The van der Waals surface area contributed by atoms with Gasteiger partial charge in [-0.25, -0.2) is 0 Å². The molecule has 74 valence electrons. The van der Waals surface area contributed by atoms with Crippen molar-refractivity contribution in [2.24, 2.45) is 0 Å². The van der Waals surface area contributed by atoms with Crippen molar-refractivity contribution in [3.63, 3.8) is 0 Å². The summed E-state index contributed by atoms with van der Waals surface area (Å²) in [6.45, 7) is 3.03. The molecule has 1 amide bonds. The molecule has 4 heteroatoms. The largest absolute Gasteiger partial charge is 0.319 e. The lowest BCUT2D eigenvalue weighted by Crippen LogP contribution is -2.20. The second kappa shape index (κ2) is 4.24. The maximum atomic E-state index is 11.1. The molecule has 1 aromatic carbocycles. The van der Waals surface area contributed by atoms with E-state index in [9.17, 15) is 9.59 Å². The lowest BCUT2D eigenvalue weighted by molar-refractivity contribution is -0.133. The van der Waals surface area contributed by atoms with Gasteiger partial charge in [-0.1, -0.05) is 11.6 Å². The van der Waals surface area contributed by atoms with E-state index in [2.05, 4.69) is 5.32 Å². The van der Waals surface area contributed by atoms with Crippen LogP contribution in [0.5, 0.6) is 0 Å². The molecule has 14 heavy (non-hydrogen) atoms. The van der Waals surface area contributed by atoms with Gasteiger partial charge in [0.25, 0.3) is 5.91 Å². The van der Waals surface area contributed by atoms with E-state index in [0.717, 1.165) is 5.56 Å². The lowest BCUT2D eigenvalue weighted by atomic mass is 10.2. The molecule has 0 aliphatic heterocycles. The van der Waals surface area contributed by atoms with Gasteiger partial charge < -0.3 is 5.32 Å². The van der Waals surface area contributed by atoms with Gasteiger partial charge >= 0.3 is 0 Å². The van der Waals surface area contributed by atoms with Crippen molar-refractivity contribution in [2.75, 3.05) is 5.32 Å². The number of rotatable bonds is 2. The average molecular weight is 212 g/mol. The number of nitrogens with one attached hydrogen (secondary N) is 1. The first-order valence-corrected chi connectivity index (χ1v) is 4.46. The van der Waals surface area contributed by atoms with E-state index < -0.39 is 11.7 Å². The van der Waals surface area contributed by atoms with Crippen LogP contribution in [0, 0.1) is 6.92 Å². The molecule has 1 N–H and O–H groups in total. The number of carbonyl (C=O) groups excluding carboxylic acids is 2. The highest BCUT2D eigenvalue weighted by Gasteiger charge is 2.08. The summed E-state index contributed by atoms with van der Waals surface area (Å²) in [5, 5.41) is 3.09. The predicted molar refractivity (Wildman–Crippen MR) is 55.5 cm³/mol. The fraction of sp³-hybridized carbons (Fsp3) is 0.200. The van der Waals surface area contributed by atoms with Crippen LogP contribution in [0.15, 0.2) is 18.2 Å². The second-order valence-corrected chi connectivity index (χ2v) is 3.41. The smallest absolute Gasteiger partial charge is 0.291 e. The van der Waals surface area contributed by atoms with Crippen molar-refractivity contribution in [3.8, 4) is 0 Å². The van der Waals surface area contributed by atoms with E-state index in [-0.39, 0.29) is 0 Å². The molecular formula is C10H10ClNO2. The Kier molecular flexibility index (Phi) is 3.25. The molecule has 0 aliphatic carbocycles. The number of aryl methyl sites for hydroxylation is 1. The summed E-state index contributed by atoms with van der Waals surface area (Å²) in [6, 6.07) is 5.04. The number of hydrogen-bond acceptors (Lipinski definition) is 2. The molecular weight excluding hydrogens is 202 g/mol. The Morgan fingerprint density at radius 3 is 2.50 bits per heavy atom. The standard InChI is InChI=1S/C10H10ClNO2/c1-6-5-8(11)3-4-9(6)12-10(14)7(2)13/h3-5H,1-2H3,(H,12,14). The third-order valence-electron chi connectivity index (χ3n) is 1.76. The van der Waals surface area contributed by atoms with Gasteiger partial charge in [0.2, 0.25) is 5.78 Å². The summed E-state index contributed by atoms with van der Waals surface area (Å²) < 4.78 is 0. The second-order valence-electron chi connectivity index (χ2n) is 2.97. The van der Waals surface area contributed by atoms with E-state index >= 15 is 0 Å². The molecule has 0 unspecified atom stereocenters. The van der Waals surface area contributed by atoms with Crippen LogP contribution in [0.2, 0.25) is 5.02 Å². The topological polar surface area (TPSA) is 46.2 Å². The highest BCUT2D eigenvalue weighted by Crippen LogP contribution is 2.19. The molecule has 1 rings (SSSR count). The Bertz CT molecular complexity index is 388. The number of hydrogen-bond donors (Lipinski definition) is 1. The molecule has 0 saturated heterocycles. The van der Waals surface area contributed by atoms with Crippen molar-refractivity contribution in [2.45, 2.75) is 13.8 Å². The lowest BCUT2D eigenvalue weighted by Gasteiger charge is -2.06. The van der Waals surface area contributed by atoms with Crippen LogP contribution < -0.4 is 5.32 Å². The molecule has 0 aliphatic rings. The third-order valence-corrected chi connectivity index (χ3v) is 1.99. The van der Waals surface area contributed by atoms with Crippen LogP contribution in [0.3, 0.4) is 0 Å². The number of halogens is 1. The van der Waals surface area contributed by atoms with Crippen LogP contribution in [-0.2, 0) is 9.59 Å². The Balaban J connectivity index is 2.87. The first-order valence-electron chi connectivity index (χ1n) is 4.09. The average Bonchev–Trinajstić information content (AvgIpc) is 2.09. The van der Waals surface area contributed by atoms with Gasteiger partial charge in [-0.05, 0) is 30.7 Å². The minimum Gasteiger partial charge on any atom is -0.319 e. The summed E-state index contributed by atoms with van der Waals surface area (Å²) in [5.41, 5.74) is 1.43. The molecule has 1 aromatic rings. The van der Waals surface area contributed by atoms with Gasteiger partial charge in [0.15, 0.2) is 0 Å². The van der Waals surface area contributed by atoms with Crippen molar-refractivity contribution in [3.05, 3.63) is 28.8 Å². The van der Waals surface area contributed by atoms with E-state index in [0.29, 0.717) is 10.7 Å². The minimum absolute atomic E-state index is 0.514. The number of amides is 1. The highest BCUT2D eigenvalue weighted by molar-refractivity contribution is 6.39. The number of ketones is 1. The van der Waals surface area contributed by atoms with Crippen LogP contribution in [0.4, 0.5) is 5.69 Å². The van der Waals surface area contributed by atoms with Gasteiger partial charge in [0.1, 0.15) is 0 Å². The van der Waals surface area contributed by atoms with Crippen molar-refractivity contribution in [1.29, 1.82) is 0 Å². The SMILES string of the molecule is CC(=O)C(=O)Nc1ccc(Cl)cc1C. The van der Waals surface area contributed by atoms with E-state index in [4.69, 9.17) is 11.6 Å². The van der Waals surface area contributed by atoms with Crippen LogP contribution in [0.1, 0.15) is 12.5 Å². The number of benzene rings is 1. The fourth-order valence-corrected chi connectivity index (χ4v) is 1.20. The maximum absolute atomic E-state index is 11.1. The first-order chi connectivity index (χ1) is 6.50. The van der Waals surface area contributed by atoms with Crippen LogP contribution in [0.25, 0.3) is 0 Å². The molecule has 0 spiro atoms. The van der Waals surface area contributed by atoms with Crippen LogP contribution in [-0.4, -0.2) is 11.7 Å². The summed E-state index contributed by atoms with van der Waals surface area (Å²) in [5.74, 6) is -1.13. The van der Waals surface area contributed by atoms with Gasteiger partial charge in [-0.15, -0.1) is 0 Å². The number of carbonyl (C=O) groups is 2. The minimum atomic E-state index is -0.615. The summed E-state index contributed by atoms with van der Waals surface area (Å²) in [7, 11) is 0. The highest BCUT2D eigenvalue weighted by atomic mass is 35.5. The molecule has 3 nitrogen and oxygen atoms in total. The molecule has 0 atom stereocenters. The monoisotopic (exact) mass is 211 g/mol. The Morgan fingerprint density at radius 1 is 1.36 bits per heavy atom. The molecule has 0 saturated carbocycles. The Morgan fingerprint density at radius 2 is 2.00 bits per heavy atom. The quantitative estimate of drug-likeness (QED) is 0.763. The molecule has 0 fully saturated rings. The number of Topliss-reactive ketones (excluding diaryl/α,β-unsaturated/α-hetero) is 1. The maximum Gasteiger partial charge on any atom is 0.291 e. The first kappa shape index (κ1) is 10.7. The molecule has 0 radical (unpaired) electrons. The molecule has 0 bridgehead atoms. The van der Waals surface area contributed by atoms with Gasteiger partial charge in [-0.2, -0.15) is 0 Å². The Labute approximate surface area is 87.1 Å². The zero-order valence-corrected chi connectivity index (χ0v) is 8.68. The van der Waals surface area contributed by atoms with Crippen molar-refractivity contribution in [1.82, 2.24) is 0 Å².